The van der Waals surface area contributed by atoms with Gasteiger partial charge in [0.05, 0.1) is 0 Å². The zero-order valence-corrected chi connectivity index (χ0v) is 6.94. The Balaban J connectivity index is 3.06. The fraction of sp³-hybridized carbons (Fsp3) is 0.375. The van der Waals surface area contributed by atoms with E-state index in [2.05, 4.69) is 4.98 Å². The third-order valence-electron chi connectivity index (χ3n) is 1.30. The van der Waals surface area contributed by atoms with Crippen molar-refractivity contribution in [3.63, 3.8) is 0 Å². The maximum absolute atomic E-state index is 5.64. The van der Waals surface area contributed by atoms with Crippen LogP contribution in [0.15, 0.2) is 12.1 Å². The molecule has 0 saturated heterocycles. The fourth-order valence-electron chi connectivity index (χ4n) is 0.998. The lowest BCUT2D eigenvalue weighted by Gasteiger charge is -1.98. The SMILES string of the molecule is Cc1cc(CCl)cc(C)n1. The van der Waals surface area contributed by atoms with Gasteiger partial charge in [0.25, 0.3) is 0 Å². The average molecular weight is 156 g/mol. The molecular formula is C8H10ClN. The van der Waals surface area contributed by atoms with Gasteiger partial charge >= 0.3 is 0 Å². The van der Waals surface area contributed by atoms with Crippen molar-refractivity contribution in [1.29, 1.82) is 0 Å². The molecule has 1 aromatic heterocycles. The maximum atomic E-state index is 5.64. The van der Waals surface area contributed by atoms with Crippen molar-refractivity contribution in [3.8, 4) is 0 Å². The summed E-state index contributed by atoms with van der Waals surface area (Å²) in [5.41, 5.74) is 3.22. The van der Waals surface area contributed by atoms with E-state index in [4.69, 9.17) is 11.6 Å². The molecule has 0 spiro atoms. The van der Waals surface area contributed by atoms with Gasteiger partial charge in [-0.05, 0) is 31.5 Å². The van der Waals surface area contributed by atoms with Gasteiger partial charge in [0.1, 0.15) is 0 Å². The number of alkyl halides is 1. The van der Waals surface area contributed by atoms with Gasteiger partial charge in [0, 0.05) is 17.3 Å². The van der Waals surface area contributed by atoms with Crippen LogP contribution in [0.1, 0.15) is 17.0 Å². The molecule has 0 unspecified atom stereocenters. The molecule has 1 aromatic rings. The van der Waals surface area contributed by atoms with Crippen LogP contribution in [-0.4, -0.2) is 4.98 Å². The second-order valence-corrected chi connectivity index (χ2v) is 2.66. The molecule has 0 aliphatic carbocycles. The van der Waals surface area contributed by atoms with Gasteiger partial charge < -0.3 is 0 Å². The Labute approximate surface area is 66.0 Å². The first-order valence-electron chi connectivity index (χ1n) is 3.22. The fourth-order valence-corrected chi connectivity index (χ4v) is 1.15. The smallest absolute Gasteiger partial charge is 0.0475 e. The second-order valence-electron chi connectivity index (χ2n) is 2.39. The molecule has 1 rings (SSSR count). The van der Waals surface area contributed by atoms with Crippen molar-refractivity contribution < 1.29 is 0 Å². The largest absolute Gasteiger partial charge is 0.258 e. The predicted octanol–water partition coefficient (Wildman–Crippen LogP) is 2.44. The highest BCUT2D eigenvalue weighted by Crippen LogP contribution is 2.06. The molecule has 0 amide bonds. The monoisotopic (exact) mass is 155 g/mol. The van der Waals surface area contributed by atoms with Crippen molar-refractivity contribution >= 4 is 11.6 Å². The van der Waals surface area contributed by atoms with E-state index in [1.165, 1.54) is 0 Å². The molecule has 0 fully saturated rings. The lowest BCUT2D eigenvalue weighted by atomic mass is 10.2. The van der Waals surface area contributed by atoms with Gasteiger partial charge in [-0.1, -0.05) is 0 Å². The van der Waals surface area contributed by atoms with Crippen molar-refractivity contribution in [1.82, 2.24) is 4.98 Å². The van der Waals surface area contributed by atoms with E-state index in [-0.39, 0.29) is 0 Å². The number of halogens is 1. The molecule has 10 heavy (non-hydrogen) atoms. The Morgan fingerprint density at radius 2 is 1.80 bits per heavy atom. The number of aryl methyl sites for hydroxylation is 2. The molecule has 1 nitrogen and oxygen atoms in total. The Morgan fingerprint density at radius 1 is 1.30 bits per heavy atom. The normalized spacial score (nSPS) is 9.90. The first kappa shape index (κ1) is 7.55. The quantitative estimate of drug-likeness (QED) is 0.568. The van der Waals surface area contributed by atoms with Crippen molar-refractivity contribution in [2.24, 2.45) is 0 Å². The number of hydrogen-bond acceptors (Lipinski definition) is 1. The first-order valence-corrected chi connectivity index (χ1v) is 3.76. The van der Waals surface area contributed by atoms with E-state index < -0.39 is 0 Å². The zero-order valence-electron chi connectivity index (χ0n) is 6.19. The van der Waals surface area contributed by atoms with Gasteiger partial charge in [-0.2, -0.15) is 0 Å². The summed E-state index contributed by atoms with van der Waals surface area (Å²) in [5.74, 6) is 0.574. The van der Waals surface area contributed by atoms with Gasteiger partial charge in [-0.3, -0.25) is 4.98 Å². The van der Waals surface area contributed by atoms with Crippen LogP contribution in [0.3, 0.4) is 0 Å². The van der Waals surface area contributed by atoms with Gasteiger partial charge in [0.15, 0.2) is 0 Å². The average Bonchev–Trinajstić information content (AvgIpc) is 1.85. The first-order chi connectivity index (χ1) is 4.72. The number of rotatable bonds is 1. The topological polar surface area (TPSA) is 12.9 Å². The summed E-state index contributed by atoms with van der Waals surface area (Å²) in [6.45, 7) is 3.95. The summed E-state index contributed by atoms with van der Waals surface area (Å²) in [6, 6.07) is 4.00. The molecule has 2 heteroatoms. The van der Waals surface area contributed by atoms with E-state index in [1.54, 1.807) is 0 Å². The Kier molecular flexibility index (Phi) is 2.28. The molecule has 0 aliphatic heterocycles. The minimum atomic E-state index is 0.574. The Morgan fingerprint density at radius 3 is 2.20 bits per heavy atom. The third kappa shape index (κ3) is 1.71. The number of hydrogen-bond donors (Lipinski definition) is 0. The highest BCUT2D eigenvalue weighted by Gasteiger charge is 1.93. The van der Waals surface area contributed by atoms with Crippen LogP contribution >= 0.6 is 11.6 Å². The van der Waals surface area contributed by atoms with Crippen LogP contribution in [0.5, 0.6) is 0 Å². The van der Waals surface area contributed by atoms with Crippen molar-refractivity contribution in [2.75, 3.05) is 0 Å². The minimum Gasteiger partial charge on any atom is -0.258 e. The predicted molar refractivity (Wildman–Crippen MR) is 43.3 cm³/mol. The summed E-state index contributed by atoms with van der Waals surface area (Å²) in [4.78, 5) is 4.22. The Bertz CT molecular complexity index is 212. The summed E-state index contributed by atoms with van der Waals surface area (Å²) in [6.07, 6.45) is 0. The van der Waals surface area contributed by atoms with E-state index in [9.17, 15) is 0 Å². The standard InChI is InChI=1S/C8H10ClN/c1-6-3-8(5-9)4-7(2)10-6/h3-4H,5H2,1-2H3. The van der Waals surface area contributed by atoms with E-state index in [1.807, 2.05) is 26.0 Å². The molecule has 0 radical (unpaired) electrons. The number of nitrogens with zero attached hydrogens (tertiary/aromatic N) is 1. The Hall–Kier alpha value is -0.560. The molecule has 0 aromatic carbocycles. The summed E-state index contributed by atoms with van der Waals surface area (Å²) in [5, 5.41) is 0. The number of aromatic nitrogens is 1. The maximum Gasteiger partial charge on any atom is 0.0475 e. The van der Waals surface area contributed by atoms with Gasteiger partial charge in [0.2, 0.25) is 0 Å². The summed E-state index contributed by atoms with van der Waals surface area (Å²) < 4.78 is 0. The van der Waals surface area contributed by atoms with Gasteiger partial charge in [-0.25, -0.2) is 0 Å². The van der Waals surface area contributed by atoms with Crippen LogP contribution < -0.4 is 0 Å². The van der Waals surface area contributed by atoms with E-state index >= 15 is 0 Å². The van der Waals surface area contributed by atoms with Crippen LogP contribution in [0.4, 0.5) is 0 Å². The van der Waals surface area contributed by atoms with Gasteiger partial charge in [-0.15, -0.1) is 11.6 Å². The van der Waals surface area contributed by atoms with Crippen LogP contribution in [0.2, 0.25) is 0 Å². The van der Waals surface area contributed by atoms with Crippen LogP contribution in [0, 0.1) is 13.8 Å². The zero-order chi connectivity index (χ0) is 7.56. The molecule has 0 N–H and O–H groups in total. The molecule has 0 bridgehead atoms. The lowest BCUT2D eigenvalue weighted by molar-refractivity contribution is 1.10. The summed E-state index contributed by atoms with van der Waals surface area (Å²) in [7, 11) is 0. The second kappa shape index (κ2) is 3.02. The molecule has 0 saturated carbocycles. The summed E-state index contributed by atoms with van der Waals surface area (Å²) >= 11 is 5.64. The molecular weight excluding hydrogens is 146 g/mol. The lowest BCUT2D eigenvalue weighted by Crippen LogP contribution is -1.88. The van der Waals surface area contributed by atoms with E-state index in [0.717, 1.165) is 17.0 Å². The van der Waals surface area contributed by atoms with Crippen LogP contribution in [0.25, 0.3) is 0 Å². The highest BCUT2D eigenvalue weighted by atomic mass is 35.5. The van der Waals surface area contributed by atoms with Crippen molar-refractivity contribution in [2.45, 2.75) is 19.7 Å². The molecule has 0 aliphatic rings. The number of pyridine rings is 1. The van der Waals surface area contributed by atoms with Crippen molar-refractivity contribution in [3.05, 3.63) is 29.1 Å². The third-order valence-corrected chi connectivity index (χ3v) is 1.60. The minimum absolute atomic E-state index is 0.574. The highest BCUT2D eigenvalue weighted by molar-refractivity contribution is 6.17. The molecule has 0 atom stereocenters. The molecule has 1 heterocycles. The van der Waals surface area contributed by atoms with E-state index in [0.29, 0.717) is 5.88 Å². The van der Waals surface area contributed by atoms with Crippen LogP contribution in [-0.2, 0) is 5.88 Å². The molecule has 54 valence electrons.